The zero-order valence-corrected chi connectivity index (χ0v) is 23.5. The number of hydrogen-bond donors (Lipinski definition) is 1. The smallest absolute Gasteiger partial charge is 0.243 e. The Morgan fingerprint density at radius 1 is 0.865 bits per heavy atom. The molecular weight excluding hydrogens is 457 g/mol. The van der Waals surface area contributed by atoms with E-state index in [4.69, 9.17) is 0 Å². The van der Waals surface area contributed by atoms with E-state index in [1.54, 1.807) is 0 Å². The molecule has 0 aromatic heterocycles. The summed E-state index contributed by atoms with van der Waals surface area (Å²) in [5.41, 5.74) is 2.24. The van der Waals surface area contributed by atoms with Crippen LogP contribution in [0.4, 0.5) is 4.39 Å². The van der Waals surface area contributed by atoms with Gasteiger partial charge in [-0.1, -0.05) is 64.2 Å². The average Bonchev–Trinajstić information content (AvgIpc) is 2.94. The molecular formula is C34H52FNO. The number of nitrogens with one attached hydrogen (secondary N) is 1. The van der Waals surface area contributed by atoms with Crippen LogP contribution in [0.2, 0.25) is 0 Å². The molecule has 0 bridgehead atoms. The second-order valence-electron chi connectivity index (χ2n) is 12.7. The van der Waals surface area contributed by atoms with E-state index < -0.39 is 0 Å². The summed E-state index contributed by atoms with van der Waals surface area (Å²) in [6, 6.07) is 6.33. The molecule has 3 heteroatoms. The molecule has 3 saturated carbocycles. The molecule has 0 saturated heterocycles. The van der Waals surface area contributed by atoms with Crippen molar-refractivity contribution in [3.05, 3.63) is 47.8 Å². The third-order valence-electron chi connectivity index (χ3n) is 10.4. The van der Waals surface area contributed by atoms with Crippen LogP contribution in [-0.2, 0) is 4.79 Å². The van der Waals surface area contributed by atoms with Crippen molar-refractivity contribution in [2.24, 2.45) is 23.7 Å². The summed E-state index contributed by atoms with van der Waals surface area (Å²) in [4.78, 5) is 11.3. The van der Waals surface area contributed by atoms with Gasteiger partial charge in [-0.2, -0.15) is 0 Å². The van der Waals surface area contributed by atoms with E-state index in [2.05, 4.69) is 31.0 Å². The number of carbonyl (C=O) groups excluding carboxylic acids is 1. The maximum atomic E-state index is 15.3. The lowest BCUT2D eigenvalue weighted by Gasteiger charge is -2.38. The first-order valence-electron chi connectivity index (χ1n) is 15.8. The second kappa shape index (κ2) is 14.5. The number of halogens is 1. The lowest BCUT2D eigenvalue weighted by molar-refractivity contribution is -0.116. The minimum Gasteiger partial charge on any atom is -0.353 e. The average molecular weight is 510 g/mol. The molecule has 37 heavy (non-hydrogen) atoms. The van der Waals surface area contributed by atoms with Gasteiger partial charge in [0.15, 0.2) is 0 Å². The molecule has 0 heterocycles. The third-order valence-corrected chi connectivity index (χ3v) is 10.4. The van der Waals surface area contributed by atoms with Crippen LogP contribution in [0.1, 0.15) is 139 Å². The number of carbonyl (C=O) groups is 1. The van der Waals surface area contributed by atoms with Crippen molar-refractivity contribution < 1.29 is 9.18 Å². The molecule has 0 radical (unpaired) electrons. The maximum Gasteiger partial charge on any atom is 0.243 e. The van der Waals surface area contributed by atoms with Gasteiger partial charge >= 0.3 is 0 Å². The van der Waals surface area contributed by atoms with Crippen LogP contribution < -0.4 is 5.32 Å². The standard InChI is InChI=1S/C34H52FNO/c1-3-5-6-7-25-8-14-29(15-9-25)31-20-21-32(33(35)24-31)30-18-16-28(17-19-30)27-12-10-26(11-13-27)22-23-36-34(37)4-2/h4,20-21,24-30H,2-3,5-19,22-23H2,1H3,(H,36,37). The van der Waals surface area contributed by atoms with Crippen LogP contribution in [0.5, 0.6) is 0 Å². The van der Waals surface area contributed by atoms with Gasteiger partial charge in [0.25, 0.3) is 0 Å². The van der Waals surface area contributed by atoms with Gasteiger partial charge in [-0.15, -0.1) is 0 Å². The van der Waals surface area contributed by atoms with E-state index in [-0.39, 0.29) is 11.7 Å². The summed E-state index contributed by atoms with van der Waals surface area (Å²) in [7, 11) is 0. The van der Waals surface area contributed by atoms with Crippen molar-refractivity contribution in [1.29, 1.82) is 0 Å². The van der Waals surface area contributed by atoms with E-state index in [1.807, 2.05) is 6.07 Å². The van der Waals surface area contributed by atoms with Crippen molar-refractivity contribution in [2.45, 2.75) is 128 Å². The van der Waals surface area contributed by atoms with E-state index in [0.29, 0.717) is 11.8 Å². The van der Waals surface area contributed by atoms with Gasteiger partial charge in [-0.05, 0) is 129 Å². The van der Waals surface area contributed by atoms with Gasteiger partial charge in [-0.25, -0.2) is 4.39 Å². The Labute approximate surface area is 226 Å². The van der Waals surface area contributed by atoms with Crippen LogP contribution >= 0.6 is 0 Å². The van der Waals surface area contributed by atoms with Crippen LogP contribution in [0.25, 0.3) is 0 Å². The van der Waals surface area contributed by atoms with Gasteiger partial charge in [0.05, 0.1) is 0 Å². The zero-order valence-electron chi connectivity index (χ0n) is 23.5. The van der Waals surface area contributed by atoms with Gasteiger partial charge in [-0.3, -0.25) is 4.79 Å². The molecule has 3 fully saturated rings. The monoisotopic (exact) mass is 509 g/mol. The summed E-state index contributed by atoms with van der Waals surface area (Å²) < 4.78 is 15.3. The SMILES string of the molecule is C=CC(=O)NCCC1CCC(C2CCC(c3ccc(C4CCC(CCCCC)CC4)cc3F)CC2)CC1. The fourth-order valence-electron chi connectivity index (χ4n) is 7.92. The molecule has 206 valence electrons. The lowest BCUT2D eigenvalue weighted by Crippen LogP contribution is -2.28. The van der Waals surface area contributed by atoms with Crippen LogP contribution in [-0.4, -0.2) is 12.5 Å². The normalized spacial score (nSPS) is 30.5. The van der Waals surface area contributed by atoms with Crippen molar-refractivity contribution in [3.8, 4) is 0 Å². The molecule has 2 nitrogen and oxygen atoms in total. The summed E-state index contributed by atoms with van der Waals surface area (Å²) in [6.45, 7) is 6.58. The summed E-state index contributed by atoms with van der Waals surface area (Å²) >= 11 is 0. The highest BCUT2D eigenvalue weighted by Crippen LogP contribution is 2.45. The number of benzene rings is 1. The van der Waals surface area contributed by atoms with Crippen LogP contribution in [0, 0.1) is 29.5 Å². The zero-order chi connectivity index (χ0) is 26.0. The summed E-state index contributed by atoms with van der Waals surface area (Å²) in [6.07, 6.45) is 23.1. The summed E-state index contributed by atoms with van der Waals surface area (Å²) in [5, 5.41) is 2.92. The fourth-order valence-corrected chi connectivity index (χ4v) is 7.92. The lowest BCUT2D eigenvalue weighted by atomic mass is 9.68. The summed E-state index contributed by atoms with van der Waals surface area (Å²) in [5.74, 6) is 4.31. The Hall–Kier alpha value is -1.64. The van der Waals surface area contributed by atoms with Gasteiger partial charge < -0.3 is 5.32 Å². The van der Waals surface area contributed by atoms with E-state index in [1.165, 1.54) is 102 Å². The van der Waals surface area contributed by atoms with Gasteiger partial charge in [0.1, 0.15) is 5.82 Å². The molecule has 3 aliphatic carbocycles. The number of hydrogen-bond acceptors (Lipinski definition) is 1. The predicted octanol–water partition coefficient (Wildman–Crippen LogP) is 9.45. The van der Waals surface area contributed by atoms with E-state index in [0.717, 1.165) is 55.0 Å². The highest BCUT2D eigenvalue weighted by molar-refractivity contribution is 5.86. The topological polar surface area (TPSA) is 29.1 Å². The number of amides is 1. The first kappa shape index (κ1) is 28.4. The molecule has 1 N–H and O–H groups in total. The van der Waals surface area contributed by atoms with Crippen molar-refractivity contribution in [2.75, 3.05) is 6.54 Å². The highest BCUT2D eigenvalue weighted by Gasteiger charge is 2.32. The quantitative estimate of drug-likeness (QED) is 0.233. The molecule has 1 amide bonds. The molecule has 4 rings (SSSR count). The molecule has 0 atom stereocenters. The Kier molecular flexibility index (Phi) is 11.1. The Morgan fingerprint density at radius 2 is 1.46 bits per heavy atom. The van der Waals surface area contributed by atoms with Gasteiger partial charge in [0.2, 0.25) is 5.91 Å². The minimum absolute atomic E-state index is 0.0585. The Balaban J connectivity index is 1.18. The largest absolute Gasteiger partial charge is 0.353 e. The minimum atomic E-state index is -0.0585. The van der Waals surface area contributed by atoms with Crippen molar-refractivity contribution in [3.63, 3.8) is 0 Å². The molecule has 0 spiro atoms. The van der Waals surface area contributed by atoms with Gasteiger partial charge in [0, 0.05) is 6.54 Å². The van der Waals surface area contributed by atoms with E-state index >= 15 is 4.39 Å². The first-order chi connectivity index (χ1) is 18.1. The molecule has 1 aromatic rings. The number of rotatable bonds is 11. The second-order valence-corrected chi connectivity index (χ2v) is 12.7. The van der Waals surface area contributed by atoms with E-state index in [9.17, 15) is 4.79 Å². The maximum absolute atomic E-state index is 15.3. The van der Waals surface area contributed by atoms with Crippen LogP contribution in [0.3, 0.4) is 0 Å². The van der Waals surface area contributed by atoms with Crippen molar-refractivity contribution >= 4 is 5.91 Å². The first-order valence-corrected chi connectivity index (χ1v) is 15.8. The molecule has 0 unspecified atom stereocenters. The Bertz CT molecular complexity index is 841. The highest BCUT2D eigenvalue weighted by atomic mass is 19.1. The third kappa shape index (κ3) is 8.17. The van der Waals surface area contributed by atoms with Crippen molar-refractivity contribution in [1.82, 2.24) is 5.32 Å². The number of unbranched alkanes of at least 4 members (excludes halogenated alkanes) is 2. The Morgan fingerprint density at radius 3 is 2.08 bits per heavy atom. The molecule has 0 aliphatic heterocycles. The molecule has 1 aromatic carbocycles. The molecule has 3 aliphatic rings. The predicted molar refractivity (Wildman–Crippen MR) is 153 cm³/mol. The fraction of sp³-hybridized carbons (Fsp3) is 0.735. The van der Waals surface area contributed by atoms with Crippen LogP contribution in [0.15, 0.2) is 30.9 Å².